The van der Waals surface area contributed by atoms with Crippen LogP contribution in [0.3, 0.4) is 0 Å². The lowest BCUT2D eigenvalue weighted by atomic mass is 9.89. The fourth-order valence-corrected chi connectivity index (χ4v) is 7.61. The molecule has 0 spiro atoms. The number of methoxy groups -OCH3 is 2. The molecular formula is C42H45F3N6O4. The van der Waals surface area contributed by atoms with Gasteiger partial charge in [-0.2, -0.15) is 18.4 Å². The van der Waals surface area contributed by atoms with Gasteiger partial charge in [0.25, 0.3) is 11.5 Å². The van der Waals surface area contributed by atoms with E-state index in [1.807, 2.05) is 57.3 Å². The van der Waals surface area contributed by atoms with E-state index in [1.165, 1.54) is 17.2 Å². The molecule has 1 amide bonds. The third-order valence-corrected chi connectivity index (χ3v) is 10.9. The average Bonchev–Trinajstić information content (AvgIpc) is 3.18. The van der Waals surface area contributed by atoms with Gasteiger partial charge in [-0.3, -0.25) is 24.4 Å². The van der Waals surface area contributed by atoms with Crippen LogP contribution in [-0.2, 0) is 37.5 Å². The molecule has 4 heterocycles. The van der Waals surface area contributed by atoms with Gasteiger partial charge in [0.1, 0.15) is 23.1 Å². The number of alkyl halides is 3. The van der Waals surface area contributed by atoms with Crippen molar-refractivity contribution in [1.29, 1.82) is 5.26 Å². The van der Waals surface area contributed by atoms with Gasteiger partial charge in [-0.15, -0.1) is 0 Å². The number of ether oxygens (including phenoxy) is 2. The number of hydrogen-bond acceptors (Lipinski definition) is 8. The Bertz CT molecular complexity index is 2190. The Morgan fingerprint density at radius 1 is 0.982 bits per heavy atom. The van der Waals surface area contributed by atoms with Gasteiger partial charge in [-0.05, 0) is 85.4 Å². The molecule has 2 aromatic heterocycles. The number of nitrogens with zero attached hydrogens (tertiary/aromatic N) is 6. The van der Waals surface area contributed by atoms with Gasteiger partial charge >= 0.3 is 6.18 Å². The molecular weight excluding hydrogens is 709 g/mol. The van der Waals surface area contributed by atoms with Gasteiger partial charge in [-0.1, -0.05) is 18.2 Å². The number of aryl methyl sites for hydroxylation is 1. The van der Waals surface area contributed by atoms with Crippen LogP contribution in [-0.4, -0.2) is 77.1 Å². The molecule has 0 saturated carbocycles. The van der Waals surface area contributed by atoms with Crippen molar-refractivity contribution in [2.24, 2.45) is 7.05 Å². The van der Waals surface area contributed by atoms with Crippen LogP contribution in [0.25, 0.3) is 17.2 Å². The van der Waals surface area contributed by atoms with E-state index in [2.05, 4.69) is 20.9 Å². The van der Waals surface area contributed by atoms with Crippen LogP contribution in [0.15, 0.2) is 65.2 Å². The average molecular weight is 755 g/mol. The molecule has 1 atom stereocenters. The zero-order valence-corrected chi connectivity index (χ0v) is 32.0. The fourth-order valence-electron chi connectivity index (χ4n) is 7.61. The molecule has 6 rings (SSSR count). The summed E-state index contributed by atoms with van der Waals surface area (Å²) in [6.45, 7) is 11.0. The third kappa shape index (κ3) is 8.16. The molecule has 0 aliphatic carbocycles. The first kappa shape index (κ1) is 39.2. The zero-order chi connectivity index (χ0) is 39.6. The highest BCUT2D eigenvalue weighted by Gasteiger charge is 2.33. The van der Waals surface area contributed by atoms with E-state index in [0.717, 1.165) is 84.2 Å². The highest BCUT2D eigenvalue weighted by molar-refractivity contribution is 6.01. The first-order chi connectivity index (χ1) is 26.2. The predicted octanol–water partition coefficient (Wildman–Crippen LogP) is 6.47. The Morgan fingerprint density at radius 3 is 2.22 bits per heavy atom. The number of carbonyl (C=O) groups is 1. The fraction of sp³-hybridized carbons (Fsp3) is 0.381. The second kappa shape index (κ2) is 16.1. The Hall–Kier alpha value is -5.45. The van der Waals surface area contributed by atoms with Crippen LogP contribution in [0.5, 0.6) is 11.5 Å². The van der Waals surface area contributed by atoms with Crippen molar-refractivity contribution >= 4 is 12.0 Å². The molecule has 1 saturated heterocycles. The van der Waals surface area contributed by atoms with Gasteiger partial charge in [-0.25, -0.2) is 0 Å². The van der Waals surface area contributed by atoms with Crippen LogP contribution < -0.4 is 15.0 Å². The SMILES string of the molecule is COc1cc(-c2cn(C)c(=O)c(C)c2C)cc(OC)c1CN1CCN(Cc2cccc3c2CCN(C(=O)/C(C#N)=C/c2ccc(C(F)(F)F)cn2)C3C)CC1. The second-order valence-corrected chi connectivity index (χ2v) is 14.2. The number of hydrogen-bond donors (Lipinski definition) is 0. The summed E-state index contributed by atoms with van der Waals surface area (Å²) in [5.74, 6) is 0.978. The molecule has 2 aromatic carbocycles. The largest absolute Gasteiger partial charge is 0.496 e. The summed E-state index contributed by atoms with van der Waals surface area (Å²) in [5.41, 5.74) is 6.90. The van der Waals surface area contributed by atoms with E-state index in [0.29, 0.717) is 31.3 Å². The number of halogens is 3. The third-order valence-electron chi connectivity index (χ3n) is 10.9. The number of amides is 1. The van der Waals surface area contributed by atoms with Gasteiger partial charge in [0.05, 0.1) is 37.1 Å². The maximum Gasteiger partial charge on any atom is 0.417 e. The van der Waals surface area contributed by atoms with Crippen molar-refractivity contribution in [2.75, 3.05) is 46.9 Å². The quantitative estimate of drug-likeness (QED) is 0.142. The molecule has 10 nitrogen and oxygen atoms in total. The van der Waals surface area contributed by atoms with E-state index in [4.69, 9.17) is 9.47 Å². The smallest absolute Gasteiger partial charge is 0.417 e. The Kier molecular flexibility index (Phi) is 11.5. The maximum atomic E-state index is 13.5. The van der Waals surface area contributed by atoms with Crippen molar-refractivity contribution in [2.45, 2.75) is 52.5 Å². The van der Waals surface area contributed by atoms with Gasteiger partial charge in [0.15, 0.2) is 0 Å². The first-order valence-corrected chi connectivity index (χ1v) is 18.2. The molecule has 2 aliphatic rings. The van der Waals surface area contributed by atoms with Crippen LogP contribution in [0.1, 0.15) is 57.6 Å². The number of carbonyl (C=O) groups excluding carboxylic acids is 1. The number of aromatic nitrogens is 2. The summed E-state index contributed by atoms with van der Waals surface area (Å²) in [7, 11) is 5.08. The van der Waals surface area contributed by atoms with E-state index in [-0.39, 0.29) is 22.9 Å². The lowest BCUT2D eigenvalue weighted by Gasteiger charge is -2.38. The summed E-state index contributed by atoms with van der Waals surface area (Å²) in [4.78, 5) is 36.3. The molecule has 0 bridgehead atoms. The summed E-state index contributed by atoms with van der Waals surface area (Å²) in [6.07, 6.45) is -0.127. The Balaban J connectivity index is 1.11. The van der Waals surface area contributed by atoms with Crippen molar-refractivity contribution in [3.8, 4) is 28.7 Å². The zero-order valence-electron chi connectivity index (χ0n) is 32.0. The minimum absolute atomic E-state index is 0.0168. The van der Waals surface area contributed by atoms with E-state index in [1.54, 1.807) is 30.7 Å². The lowest BCUT2D eigenvalue weighted by Crippen LogP contribution is -2.45. The number of rotatable bonds is 9. The van der Waals surface area contributed by atoms with E-state index < -0.39 is 17.6 Å². The number of pyridine rings is 2. The molecule has 4 aromatic rings. The van der Waals surface area contributed by atoms with Crippen LogP contribution in [0.4, 0.5) is 13.2 Å². The number of nitriles is 1. The normalized spacial score (nSPS) is 16.8. The summed E-state index contributed by atoms with van der Waals surface area (Å²) < 4.78 is 52.3. The molecule has 13 heteroatoms. The summed E-state index contributed by atoms with van der Waals surface area (Å²) in [5, 5.41) is 9.82. The van der Waals surface area contributed by atoms with E-state index in [9.17, 15) is 28.0 Å². The lowest BCUT2D eigenvalue weighted by molar-refractivity contribution is -0.137. The highest BCUT2D eigenvalue weighted by Crippen LogP contribution is 2.38. The monoisotopic (exact) mass is 754 g/mol. The molecule has 1 fully saturated rings. The van der Waals surface area contributed by atoms with Crippen LogP contribution >= 0.6 is 0 Å². The maximum absolute atomic E-state index is 13.5. The second-order valence-electron chi connectivity index (χ2n) is 14.2. The molecule has 0 radical (unpaired) electrons. The van der Waals surface area contributed by atoms with Gasteiger partial charge in [0.2, 0.25) is 0 Å². The first-order valence-electron chi connectivity index (χ1n) is 18.2. The summed E-state index contributed by atoms with van der Waals surface area (Å²) in [6, 6.07) is 13.8. The van der Waals surface area contributed by atoms with E-state index >= 15 is 0 Å². The Morgan fingerprint density at radius 2 is 1.64 bits per heavy atom. The molecule has 0 N–H and O–H groups in total. The minimum atomic E-state index is -4.53. The topological polar surface area (TPSA) is 104 Å². The standard InChI is InChI=1S/C42H45F3N6O4/c1-26-27(2)40(52)48(4)24-36(26)30-19-38(54-5)37(39(20-30)55-6)25-50-16-14-49(15-17-50)23-29-8-7-9-34-28(3)51(13-12-35(29)34)41(53)31(21-46)18-33-11-10-32(22-47-33)42(43,44)45/h7-11,18-20,22,24,28H,12-17,23,25H2,1-6H3/b31-18+. The highest BCUT2D eigenvalue weighted by atomic mass is 19.4. The van der Waals surface area contributed by atoms with Gasteiger partial charge < -0.3 is 18.9 Å². The molecule has 2 aliphatic heterocycles. The predicted molar refractivity (Wildman–Crippen MR) is 203 cm³/mol. The van der Waals surface area contributed by atoms with Crippen molar-refractivity contribution in [3.63, 3.8) is 0 Å². The van der Waals surface area contributed by atoms with Crippen LogP contribution in [0, 0.1) is 25.2 Å². The van der Waals surface area contributed by atoms with Gasteiger partial charge in [0, 0.05) is 76.4 Å². The molecule has 1 unspecified atom stereocenters. The van der Waals surface area contributed by atoms with Crippen molar-refractivity contribution in [1.82, 2.24) is 24.3 Å². The molecule has 288 valence electrons. The van der Waals surface area contributed by atoms with Crippen LogP contribution in [0.2, 0.25) is 0 Å². The number of fused-ring (bicyclic) bond motifs is 1. The Labute approximate surface area is 319 Å². The number of benzene rings is 2. The molecule has 55 heavy (non-hydrogen) atoms. The minimum Gasteiger partial charge on any atom is -0.496 e. The number of piperazine rings is 1. The van der Waals surface area contributed by atoms with Crippen molar-refractivity contribution < 1.29 is 27.4 Å². The summed E-state index contributed by atoms with van der Waals surface area (Å²) >= 11 is 0. The van der Waals surface area contributed by atoms with Crippen molar-refractivity contribution in [3.05, 3.63) is 115 Å².